The standard InChI is InChI=1S/C18H31N3O/c1-7-19-17(21-13-18(4,5)22-6)20-12-15(3)16-10-8-9-14(2)11-16/h8-11,15H,7,12-13H2,1-6H3,(H2,19,20,21). The third-order valence-electron chi connectivity index (χ3n) is 3.70. The summed E-state index contributed by atoms with van der Waals surface area (Å²) in [5.74, 6) is 1.27. The zero-order valence-electron chi connectivity index (χ0n) is 14.9. The maximum absolute atomic E-state index is 5.41. The first kappa shape index (κ1) is 18.5. The summed E-state index contributed by atoms with van der Waals surface area (Å²) in [6, 6.07) is 8.66. The molecule has 1 unspecified atom stereocenters. The summed E-state index contributed by atoms with van der Waals surface area (Å²) in [4.78, 5) is 4.61. The fraction of sp³-hybridized carbons (Fsp3) is 0.611. The molecular formula is C18H31N3O. The molecular weight excluding hydrogens is 274 g/mol. The summed E-state index contributed by atoms with van der Waals surface area (Å²) >= 11 is 0. The van der Waals surface area contributed by atoms with Crippen molar-refractivity contribution in [2.45, 2.75) is 46.1 Å². The molecule has 0 amide bonds. The Bertz CT molecular complexity index is 483. The molecule has 1 aromatic carbocycles. The van der Waals surface area contributed by atoms with Gasteiger partial charge in [0.2, 0.25) is 0 Å². The lowest BCUT2D eigenvalue weighted by Gasteiger charge is -2.22. The average Bonchev–Trinajstić information content (AvgIpc) is 2.49. The second-order valence-electron chi connectivity index (χ2n) is 6.36. The van der Waals surface area contributed by atoms with Crippen molar-refractivity contribution in [3.63, 3.8) is 0 Å². The largest absolute Gasteiger partial charge is 0.377 e. The van der Waals surface area contributed by atoms with Crippen LogP contribution in [0.5, 0.6) is 0 Å². The molecule has 0 aromatic heterocycles. The lowest BCUT2D eigenvalue weighted by atomic mass is 9.99. The highest BCUT2D eigenvalue weighted by Gasteiger charge is 2.16. The molecule has 22 heavy (non-hydrogen) atoms. The van der Waals surface area contributed by atoms with E-state index in [0.29, 0.717) is 12.5 Å². The van der Waals surface area contributed by atoms with Gasteiger partial charge in [-0.1, -0.05) is 36.8 Å². The van der Waals surface area contributed by atoms with Crippen molar-refractivity contribution in [2.75, 3.05) is 26.7 Å². The lowest BCUT2D eigenvalue weighted by molar-refractivity contribution is 0.0310. The van der Waals surface area contributed by atoms with E-state index in [1.54, 1.807) is 7.11 Å². The highest BCUT2D eigenvalue weighted by Crippen LogP contribution is 2.15. The van der Waals surface area contributed by atoms with Gasteiger partial charge in [0.25, 0.3) is 0 Å². The fourth-order valence-corrected chi connectivity index (χ4v) is 2.02. The molecule has 0 aliphatic heterocycles. The van der Waals surface area contributed by atoms with Crippen LogP contribution in [0.15, 0.2) is 29.3 Å². The molecule has 0 saturated heterocycles. The molecule has 1 atom stereocenters. The van der Waals surface area contributed by atoms with Crippen molar-refractivity contribution in [2.24, 2.45) is 4.99 Å². The molecule has 2 N–H and O–H groups in total. The Kier molecular flexibility index (Phi) is 7.39. The minimum atomic E-state index is -0.246. The molecule has 0 heterocycles. The third-order valence-corrected chi connectivity index (χ3v) is 3.70. The number of aryl methyl sites for hydroxylation is 1. The summed E-state index contributed by atoms with van der Waals surface area (Å²) in [6.07, 6.45) is 0. The normalized spacial score (nSPS) is 13.8. The van der Waals surface area contributed by atoms with Crippen molar-refractivity contribution in [3.05, 3.63) is 35.4 Å². The van der Waals surface area contributed by atoms with Crippen LogP contribution < -0.4 is 10.6 Å². The zero-order chi connectivity index (χ0) is 16.6. The van der Waals surface area contributed by atoms with Crippen LogP contribution in [0.2, 0.25) is 0 Å². The number of aliphatic imine (C=N–C) groups is 1. The maximum atomic E-state index is 5.41. The molecule has 0 fully saturated rings. The number of ether oxygens (including phenoxy) is 1. The molecule has 4 heteroatoms. The van der Waals surface area contributed by atoms with E-state index in [0.717, 1.165) is 19.0 Å². The van der Waals surface area contributed by atoms with Crippen LogP contribution in [0.1, 0.15) is 44.7 Å². The summed E-state index contributed by atoms with van der Waals surface area (Å²) in [5.41, 5.74) is 2.40. The molecule has 1 aromatic rings. The van der Waals surface area contributed by atoms with E-state index in [2.05, 4.69) is 60.7 Å². The second kappa shape index (κ2) is 8.79. The quantitative estimate of drug-likeness (QED) is 0.601. The second-order valence-corrected chi connectivity index (χ2v) is 6.36. The van der Waals surface area contributed by atoms with Gasteiger partial charge in [-0.25, -0.2) is 0 Å². The summed E-state index contributed by atoms with van der Waals surface area (Å²) in [6.45, 7) is 12.8. The first-order chi connectivity index (χ1) is 10.4. The number of methoxy groups -OCH3 is 1. The van der Waals surface area contributed by atoms with Gasteiger partial charge in [0.05, 0.1) is 12.1 Å². The number of guanidine groups is 1. The third kappa shape index (κ3) is 6.48. The van der Waals surface area contributed by atoms with Gasteiger partial charge in [0.15, 0.2) is 5.96 Å². The van der Waals surface area contributed by atoms with Crippen molar-refractivity contribution >= 4 is 5.96 Å². The Balaban J connectivity index is 2.62. The molecule has 124 valence electrons. The molecule has 0 aliphatic carbocycles. The van der Waals surface area contributed by atoms with Crippen LogP contribution in [0, 0.1) is 6.92 Å². The molecule has 0 saturated carbocycles. The average molecular weight is 305 g/mol. The van der Waals surface area contributed by atoms with E-state index in [1.807, 2.05) is 13.8 Å². The van der Waals surface area contributed by atoms with Gasteiger partial charge >= 0.3 is 0 Å². The Morgan fingerprint density at radius 2 is 2.05 bits per heavy atom. The van der Waals surface area contributed by atoms with Gasteiger partial charge in [-0.05, 0) is 39.2 Å². The van der Waals surface area contributed by atoms with E-state index >= 15 is 0 Å². The Hall–Kier alpha value is -1.55. The fourth-order valence-electron chi connectivity index (χ4n) is 2.02. The number of nitrogens with one attached hydrogen (secondary N) is 2. The van der Waals surface area contributed by atoms with Gasteiger partial charge in [-0.3, -0.25) is 4.99 Å². The van der Waals surface area contributed by atoms with Crippen molar-refractivity contribution in [1.29, 1.82) is 0 Å². The van der Waals surface area contributed by atoms with E-state index in [4.69, 9.17) is 4.74 Å². The number of hydrogen-bond donors (Lipinski definition) is 2. The van der Waals surface area contributed by atoms with Crippen LogP contribution in [-0.4, -0.2) is 38.3 Å². The van der Waals surface area contributed by atoms with Crippen molar-refractivity contribution in [3.8, 4) is 0 Å². The minimum absolute atomic E-state index is 0.246. The predicted octanol–water partition coefficient (Wildman–Crippen LogP) is 3.08. The van der Waals surface area contributed by atoms with Crippen LogP contribution in [0.25, 0.3) is 0 Å². The molecule has 1 rings (SSSR count). The van der Waals surface area contributed by atoms with Gasteiger partial charge in [0.1, 0.15) is 0 Å². The smallest absolute Gasteiger partial charge is 0.191 e. The van der Waals surface area contributed by atoms with Gasteiger partial charge < -0.3 is 15.4 Å². The Morgan fingerprint density at radius 3 is 2.64 bits per heavy atom. The molecule has 4 nitrogen and oxygen atoms in total. The lowest BCUT2D eigenvalue weighted by Crippen LogP contribution is -2.40. The number of rotatable bonds is 7. The van der Waals surface area contributed by atoms with Gasteiger partial charge in [0, 0.05) is 20.2 Å². The van der Waals surface area contributed by atoms with Crippen LogP contribution in [-0.2, 0) is 4.74 Å². The Morgan fingerprint density at radius 1 is 1.32 bits per heavy atom. The minimum Gasteiger partial charge on any atom is -0.377 e. The monoisotopic (exact) mass is 305 g/mol. The number of nitrogens with zero attached hydrogens (tertiary/aromatic N) is 1. The first-order valence-electron chi connectivity index (χ1n) is 8.02. The predicted molar refractivity (Wildman–Crippen MR) is 94.7 cm³/mol. The Labute approximate surface area is 135 Å². The van der Waals surface area contributed by atoms with Crippen LogP contribution in [0.3, 0.4) is 0 Å². The van der Waals surface area contributed by atoms with E-state index in [9.17, 15) is 0 Å². The van der Waals surface area contributed by atoms with Crippen molar-refractivity contribution < 1.29 is 4.74 Å². The summed E-state index contributed by atoms with van der Waals surface area (Å²) < 4.78 is 5.41. The topological polar surface area (TPSA) is 45.7 Å². The molecule has 0 aliphatic rings. The summed E-state index contributed by atoms with van der Waals surface area (Å²) in [7, 11) is 1.72. The number of benzene rings is 1. The zero-order valence-corrected chi connectivity index (χ0v) is 14.9. The number of hydrogen-bond acceptors (Lipinski definition) is 2. The molecule has 0 radical (unpaired) electrons. The highest BCUT2D eigenvalue weighted by atomic mass is 16.5. The highest BCUT2D eigenvalue weighted by molar-refractivity contribution is 5.79. The first-order valence-corrected chi connectivity index (χ1v) is 8.02. The summed E-state index contributed by atoms with van der Waals surface area (Å²) in [5, 5.41) is 6.70. The van der Waals surface area contributed by atoms with Crippen LogP contribution in [0.4, 0.5) is 0 Å². The van der Waals surface area contributed by atoms with E-state index < -0.39 is 0 Å². The van der Waals surface area contributed by atoms with Gasteiger partial charge in [-0.15, -0.1) is 0 Å². The van der Waals surface area contributed by atoms with Crippen LogP contribution >= 0.6 is 0 Å². The van der Waals surface area contributed by atoms with E-state index in [-0.39, 0.29) is 5.60 Å². The maximum Gasteiger partial charge on any atom is 0.191 e. The van der Waals surface area contributed by atoms with Gasteiger partial charge in [-0.2, -0.15) is 0 Å². The SMILES string of the molecule is CCNC(=NCC(C)(C)OC)NCC(C)c1cccc(C)c1. The molecule has 0 spiro atoms. The van der Waals surface area contributed by atoms with Crippen molar-refractivity contribution in [1.82, 2.24) is 10.6 Å². The van der Waals surface area contributed by atoms with E-state index in [1.165, 1.54) is 11.1 Å². The molecule has 0 bridgehead atoms.